The Morgan fingerprint density at radius 2 is 1.78 bits per heavy atom. The minimum Gasteiger partial charge on any atom is -0.332 e. The van der Waals surface area contributed by atoms with Gasteiger partial charge in [-0.25, -0.2) is 0 Å². The lowest BCUT2D eigenvalue weighted by Crippen LogP contribution is -2.35. The number of hydrogen-bond donors (Lipinski definition) is 1. The number of aryl methyl sites for hydroxylation is 2. The van der Waals surface area contributed by atoms with Crippen molar-refractivity contribution in [3.05, 3.63) is 63.7 Å². The maximum Gasteiger partial charge on any atom is 0.417 e. The van der Waals surface area contributed by atoms with E-state index in [9.17, 15) is 22.8 Å². The van der Waals surface area contributed by atoms with E-state index in [1.54, 1.807) is 19.1 Å². The molecule has 0 radical (unpaired) electrons. The number of carbonyl (C=O) groups is 2. The number of carbonyl (C=O) groups excluding carboxylic acids is 2. The summed E-state index contributed by atoms with van der Waals surface area (Å²) in [5.74, 6) is -0.971. The van der Waals surface area contributed by atoms with E-state index in [1.807, 2.05) is 13.0 Å². The molecule has 2 aromatic carbocycles. The first kappa shape index (κ1) is 20.8. The Hall–Kier alpha value is -2.54. The summed E-state index contributed by atoms with van der Waals surface area (Å²) in [6, 6.07) is 8.41. The van der Waals surface area contributed by atoms with Crippen molar-refractivity contribution < 1.29 is 22.8 Å². The van der Waals surface area contributed by atoms with Gasteiger partial charge in [-0.05, 0) is 43.7 Å². The van der Waals surface area contributed by atoms with E-state index in [1.165, 1.54) is 18.0 Å². The van der Waals surface area contributed by atoms with Gasteiger partial charge in [0.2, 0.25) is 5.91 Å². The number of rotatable bonds is 4. The summed E-state index contributed by atoms with van der Waals surface area (Å²) >= 11 is 5.55. The Morgan fingerprint density at radius 1 is 1.11 bits per heavy atom. The highest BCUT2D eigenvalue weighted by Gasteiger charge is 2.33. The van der Waals surface area contributed by atoms with Gasteiger partial charge in [-0.2, -0.15) is 13.2 Å². The number of likely N-dealkylation sites (N-methyl/N-ethyl adjacent to an activating group) is 1. The third-order valence-electron chi connectivity index (χ3n) is 3.90. The van der Waals surface area contributed by atoms with Crippen molar-refractivity contribution in [1.29, 1.82) is 0 Å². The summed E-state index contributed by atoms with van der Waals surface area (Å²) in [6.45, 7) is 3.39. The topological polar surface area (TPSA) is 49.4 Å². The van der Waals surface area contributed by atoms with Crippen LogP contribution in [-0.4, -0.2) is 30.3 Å². The van der Waals surface area contributed by atoms with Gasteiger partial charge in [-0.15, -0.1) is 0 Å². The molecule has 8 heteroatoms. The number of alkyl halides is 3. The van der Waals surface area contributed by atoms with Crippen LogP contribution < -0.4 is 5.32 Å². The molecule has 2 rings (SSSR count). The zero-order valence-corrected chi connectivity index (χ0v) is 15.7. The van der Waals surface area contributed by atoms with Crippen LogP contribution in [0.5, 0.6) is 0 Å². The maximum atomic E-state index is 12.9. The van der Waals surface area contributed by atoms with Crippen LogP contribution >= 0.6 is 11.6 Å². The highest BCUT2D eigenvalue weighted by Crippen LogP contribution is 2.36. The van der Waals surface area contributed by atoms with Gasteiger partial charge in [0.05, 0.1) is 17.1 Å². The molecule has 2 aromatic rings. The Kier molecular flexibility index (Phi) is 6.15. The predicted molar refractivity (Wildman–Crippen MR) is 98.0 cm³/mol. The van der Waals surface area contributed by atoms with E-state index in [4.69, 9.17) is 11.6 Å². The molecule has 4 nitrogen and oxygen atoms in total. The monoisotopic (exact) mass is 398 g/mol. The molecule has 0 bridgehead atoms. The lowest BCUT2D eigenvalue weighted by molar-refractivity contribution is -0.137. The molecule has 0 unspecified atom stereocenters. The van der Waals surface area contributed by atoms with Crippen LogP contribution in [0.4, 0.5) is 18.9 Å². The molecule has 0 aliphatic rings. The van der Waals surface area contributed by atoms with E-state index >= 15 is 0 Å². The normalized spacial score (nSPS) is 11.2. The van der Waals surface area contributed by atoms with Crippen LogP contribution in [0.3, 0.4) is 0 Å². The van der Waals surface area contributed by atoms with Crippen molar-refractivity contribution in [3.63, 3.8) is 0 Å². The molecule has 144 valence electrons. The summed E-state index contributed by atoms with van der Waals surface area (Å²) < 4.78 is 38.7. The maximum absolute atomic E-state index is 12.9. The lowest BCUT2D eigenvalue weighted by atomic mass is 10.0. The molecule has 2 amide bonds. The molecule has 0 spiro atoms. The zero-order chi connectivity index (χ0) is 20.4. The highest BCUT2D eigenvalue weighted by atomic mass is 35.5. The van der Waals surface area contributed by atoms with E-state index < -0.39 is 22.7 Å². The van der Waals surface area contributed by atoms with Crippen molar-refractivity contribution in [2.45, 2.75) is 20.0 Å². The second-order valence-corrected chi connectivity index (χ2v) is 6.63. The van der Waals surface area contributed by atoms with Crippen LogP contribution in [0.2, 0.25) is 5.02 Å². The number of anilines is 1. The average molecular weight is 399 g/mol. The van der Waals surface area contributed by atoms with Gasteiger partial charge in [0.15, 0.2) is 0 Å². The molecule has 0 saturated carbocycles. The van der Waals surface area contributed by atoms with E-state index in [0.717, 1.165) is 23.3 Å². The molecule has 0 atom stereocenters. The van der Waals surface area contributed by atoms with Crippen molar-refractivity contribution in [3.8, 4) is 0 Å². The number of benzene rings is 2. The number of hydrogen-bond acceptors (Lipinski definition) is 2. The number of halogens is 4. The first-order valence-electron chi connectivity index (χ1n) is 7.98. The predicted octanol–water partition coefficient (Wildman–Crippen LogP) is 4.69. The van der Waals surface area contributed by atoms with Crippen molar-refractivity contribution in [2.75, 3.05) is 18.9 Å². The molecule has 0 heterocycles. The van der Waals surface area contributed by atoms with Gasteiger partial charge in [-0.3, -0.25) is 9.59 Å². The largest absolute Gasteiger partial charge is 0.417 e. The van der Waals surface area contributed by atoms with Gasteiger partial charge in [-0.1, -0.05) is 29.3 Å². The smallest absolute Gasteiger partial charge is 0.332 e. The minimum absolute atomic E-state index is 0.0518. The fraction of sp³-hybridized carbons (Fsp3) is 0.263. The fourth-order valence-electron chi connectivity index (χ4n) is 2.57. The average Bonchev–Trinajstić information content (AvgIpc) is 2.55. The van der Waals surface area contributed by atoms with Crippen LogP contribution in [0.1, 0.15) is 27.0 Å². The van der Waals surface area contributed by atoms with Crippen LogP contribution in [0.25, 0.3) is 0 Å². The number of nitrogens with one attached hydrogen (secondary N) is 1. The minimum atomic E-state index is -4.63. The fourth-order valence-corrected chi connectivity index (χ4v) is 2.79. The molecule has 0 aromatic heterocycles. The third-order valence-corrected chi connectivity index (χ3v) is 4.22. The van der Waals surface area contributed by atoms with Gasteiger partial charge >= 0.3 is 6.18 Å². The Bertz CT molecular complexity index is 882. The molecular weight excluding hydrogens is 381 g/mol. The summed E-state index contributed by atoms with van der Waals surface area (Å²) in [5, 5.41) is 1.90. The Balaban J connectivity index is 2.08. The zero-order valence-electron chi connectivity index (χ0n) is 14.9. The van der Waals surface area contributed by atoms with Gasteiger partial charge in [0.25, 0.3) is 5.91 Å². The molecule has 1 N–H and O–H groups in total. The van der Waals surface area contributed by atoms with Crippen molar-refractivity contribution in [1.82, 2.24) is 4.90 Å². The van der Waals surface area contributed by atoms with E-state index in [0.29, 0.717) is 5.56 Å². The van der Waals surface area contributed by atoms with E-state index in [-0.39, 0.29) is 18.1 Å². The molecule has 0 fully saturated rings. The molecule has 27 heavy (non-hydrogen) atoms. The summed E-state index contributed by atoms with van der Waals surface area (Å²) in [4.78, 5) is 25.8. The van der Waals surface area contributed by atoms with Crippen LogP contribution in [0, 0.1) is 13.8 Å². The molecular formula is C19H18ClF3N2O2. The highest BCUT2D eigenvalue weighted by molar-refractivity contribution is 6.31. The second kappa shape index (κ2) is 8.00. The molecule has 0 aliphatic carbocycles. The first-order valence-corrected chi connectivity index (χ1v) is 8.36. The lowest BCUT2D eigenvalue weighted by Gasteiger charge is -2.18. The number of nitrogens with zero attached hydrogens (tertiary/aromatic N) is 1. The standard InChI is InChI=1S/C19H18ClF3N2O2/c1-11-4-6-14(12(2)8-11)18(27)25(3)10-17(26)24-13-5-7-16(20)15(9-13)19(21,22)23/h4-9H,10H2,1-3H3,(H,24,26). The number of amides is 2. The molecule has 0 aliphatic heterocycles. The third kappa shape index (κ3) is 5.23. The summed E-state index contributed by atoms with van der Waals surface area (Å²) in [7, 11) is 1.45. The van der Waals surface area contributed by atoms with Gasteiger partial charge in [0.1, 0.15) is 0 Å². The summed E-state index contributed by atoms with van der Waals surface area (Å²) in [5.41, 5.74) is 1.15. The van der Waals surface area contributed by atoms with Crippen LogP contribution in [-0.2, 0) is 11.0 Å². The Morgan fingerprint density at radius 3 is 2.37 bits per heavy atom. The molecule has 0 saturated heterocycles. The van der Waals surface area contributed by atoms with E-state index in [2.05, 4.69) is 5.32 Å². The van der Waals surface area contributed by atoms with Gasteiger partial charge < -0.3 is 10.2 Å². The van der Waals surface area contributed by atoms with Crippen molar-refractivity contribution in [2.24, 2.45) is 0 Å². The summed E-state index contributed by atoms with van der Waals surface area (Å²) in [6.07, 6.45) is -4.63. The second-order valence-electron chi connectivity index (χ2n) is 6.22. The first-order chi connectivity index (χ1) is 12.5. The SMILES string of the molecule is Cc1ccc(C(=O)N(C)CC(=O)Nc2ccc(Cl)c(C(F)(F)F)c2)c(C)c1. The Labute approximate surface area is 159 Å². The van der Waals surface area contributed by atoms with Gasteiger partial charge in [0, 0.05) is 18.3 Å². The van der Waals surface area contributed by atoms with Crippen LogP contribution in [0.15, 0.2) is 36.4 Å². The quantitative estimate of drug-likeness (QED) is 0.812. The van der Waals surface area contributed by atoms with Crippen molar-refractivity contribution >= 4 is 29.1 Å².